The molecule has 18 heavy (non-hydrogen) atoms. The molecule has 2 aliphatic rings. The highest BCUT2D eigenvalue weighted by molar-refractivity contribution is 5.02. The summed E-state index contributed by atoms with van der Waals surface area (Å²) < 4.78 is 0. The molecule has 0 aromatic carbocycles. The van der Waals surface area contributed by atoms with Crippen LogP contribution in [-0.2, 0) is 0 Å². The fourth-order valence-electron chi connectivity index (χ4n) is 3.82. The van der Waals surface area contributed by atoms with E-state index in [4.69, 9.17) is 0 Å². The topological polar surface area (TPSA) is 9.72 Å². The lowest BCUT2D eigenvalue weighted by Gasteiger charge is -2.42. The number of likely N-dealkylation sites (tertiary alicyclic amines) is 1. The second kappa shape index (κ2) is 4.77. The Kier molecular flexibility index (Phi) is 3.79. The van der Waals surface area contributed by atoms with Crippen molar-refractivity contribution in [2.45, 2.75) is 58.2 Å². The van der Waals surface area contributed by atoms with Crippen molar-refractivity contribution < 1.29 is 0 Å². The highest BCUT2D eigenvalue weighted by Crippen LogP contribution is 2.36. The van der Waals surface area contributed by atoms with Gasteiger partial charge in [-0.3, -0.25) is 9.80 Å². The van der Waals surface area contributed by atoms with E-state index in [0.717, 1.165) is 6.04 Å². The summed E-state index contributed by atoms with van der Waals surface area (Å²) in [5.41, 5.74) is 0.622. The van der Waals surface area contributed by atoms with E-state index in [1.807, 2.05) is 0 Å². The molecule has 0 radical (unpaired) electrons. The number of hydrogen-bond donors (Lipinski definition) is 0. The maximum atomic E-state index is 2.72. The van der Waals surface area contributed by atoms with Crippen LogP contribution in [0.25, 0.3) is 0 Å². The van der Waals surface area contributed by atoms with Crippen LogP contribution in [0.5, 0.6) is 0 Å². The van der Waals surface area contributed by atoms with Crippen LogP contribution in [0.3, 0.4) is 0 Å². The molecule has 106 valence electrons. The molecule has 0 saturated carbocycles. The summed E-state index contributed by atoms with van der Waals surface area (Å²) in [7, 11) is 2.23. The molecule has 0 amide bonds. The van der Waals surface area contributed by atoms with Gasteiger partial charge in [0.15, 0.2) is 0 Å². The average molecular weight is 253 g/mol. The summed E-state index contributed by atoms with van der Waals surface area (Å²) in [5.74, 6) is 0. The Balaban J connectivity index is 2.01. The van der Waals surface area contributed by atoms with Crippen molar-refractivity contribution in [3.63, 3.8) is 0 Å². The number of likely N-dealkylation sites (N-methyl/N-ethyl adjacent to an activating group) is 1. The lowest BCUT2D eigenvalue weighted by atomic mass is 9.95. The highest BCUT2D eigenvalue weighted by atomic mass is 15.3. The van der Waals surface area contributed by atoms with E-state index in [1.165, 1.54) is 39.1 Å². The lowest BCUT2D eigenvalue weighted by Crippen LogP contribution is -2.51. The molecule has 2 heterocycles. The van der Waals surface area contributed by atoms with Crippen LogP contribution in [0.2, 0.25) is 0 Å². The molecule has 0 aromatic heterocycles. The minimum absolute atomic E-state index is 0.283. The number of rotatable bonds is 1. The summed E-state index contributed by atoms with van der Waals surface area (Å²) in [6.45, 7) is 18.1. The monoisotopic (exact) mass is 253 g/mol. The Hall–Kier alpha value is -0.120. The molecule has 2 aliphatic heterocycles. The molecule has 0 bridgehead atoms. The smallest absolute Gasteiger partial charge is 0.0242 e. The second-order valence-electron chi connectivity index (χ2n) is 7.79. The summed E-state index contributed by atoms with van der Waals surface area (Å²) >= 11 is 0. The van der Waals surface area contributed by atoms with Gasteiger partial charge >= 0.3 is 0 Å². The highest BCUT2D eigenvalue weighted by Gasteiger charge is 2.45. The van der Waals surface area contributed by atoms with Crippen LogP contribution in [0.4, 0.5) is 0 Å². The van der Waals surface area contributed by atoms with E-state index in [0.29, 0.717) is 5.54 Å². The zero-order valence-corrected chi connectivity index (χ0v) is 13.2. The Bertz CT molecular complexity index is 285. The predicted octanol–water partition coefficient (Wildman–Crippen LogP) is 1.89. The zero-order valence-electron chi connectivity index (χ0n) is 13.2. The average Bonchev–Trinajstić information content (AvgIpc) is 2.55. The summed E-state index contributed by atoms with van der Waals surface area (Å²) in [6, 6.07) is 0.757. The molecule has 3 heteroatoms. The van der Waals surface area contributed by atoms with Gasteiger partial charge in [0.1, 0.15) is 0 Å². The van der Waals surface area contributed by atoms with Crippen molar-refractivity contribution in [3.8, 4) is 0 Å². The molecule has 0 unspecified atom stereocenters. The van der Waals surface area contributed by atoms with Crippen molar-refractivity contribution in [3.05, 3.63) is 0 Å². The minimum atomic E-state index is 0.283. The third kappa shape index (κ3) is 2.89. The van der Waals surface area contributed by atoms with E-state index in [2.05, 4.69) is 56.4 Å². The molecule has 1 atom stereocenters. The van der Waals surface area contributed by atoms with Gasteiger partial charge in [-0.15, -0.1) is 0 Å². The van der Waals surface area contributed by atoms with Crippen LogP contribution in [0.1, 0.15) is 41.0 Å². The molecular formula is C15H31N3. The largest absolute Gasteiger partial charge is 0.304 e. The van der Waals surface area contributed by atoms with Gasteiger partial charge in [-0.1, -0.05) is 0 Å². The fraction of sp³-hybridized carbons (Fsp3) is 1.00. The normalized spacial score (nSPS) is 32.0. The molecule has 0 N–H and O–H groups in total. The molecule has 0 aromatic rings. The van der Waals surface area contributed by atoms with Gasteiger partial charge in [-0.05, 0) is 48.1 Å². The van der Waals surface area contributed by atoms with Gasteiger partial charge in [0.05, 0.1) is 0 Å². The van der Waals surface area contributed by atoms with E-state index >= 15 is 0 Å². The van der Waals surface area contributed by atoms with Crippen LogP contribution >= 0.6 is 0 Å². The van der Waals surface area contributed by atoms with Crippen molar-refractivity contribution in [2.75, 3.05) is 39.8 Å². The number of nitrogens with zero attached hydrogens (tertiary/aromatic N) is 3. The first-order valence-corrected chi connectivity index (χ1v) is 7.40. The van der Waals surface area contributed by atoms with Crippen LogP contribution < -0.4 is 0 Å². The first-order valence-electron chi connectivity index (χ1n) is 7.40. The molecule has 3 nitrogen and oxygen atoms in total. The predicted molar refractivity (Wildman–Crippen MR) is 78.0 cm³/mol. The van der Waals surface area contributed by atoms with Gasteiger partial charge in [0.2, 0.25) is 0 Å². The van der Waals surface area contributed by atoms with E-state index in [9.17, 15) is 0 Å². The maximum absolute atomic E-state index is 2.72. The summed E-state index contributed by atoms with van der Waals surface area (Å²) in [6.07, 6.45) is 1.31. The molecular weight excluding hydrogens is 222 g/mol. The second-order valence-corrected chi connectivity index (χ2v) is 7.79. The zero-order chi connectivity index (χ0) is 13.6. The fourth-order valence-corrected chi connectivity index (χ4v) is 3.82. The SMILES string of the molecule is CN1CCN([C@@H]2CN(C(C)(C)C)C(C)(C)C2)CC1. The first-order chi connectivity index (χ1) is 8.20. The van der Waals surface area contributed by atoms with E-state index in [1.54, 1.807) is 0 Å². The Labute approximate surface area is 113 Å². The molecule has 2 saturated heterocycles. The standard InChI is InChI=1S/C15H31N3/c1-14(2,3)18-12-13(11-15(18,4)5)17-9-7-16(6)8-10-17/h13H,7-12H2,1-6H3/t13-/m0/s1. The summed E-state index contributed by atoms with van der Waals surface area (Å²) in [4.78, 5) is 7.86. The lowest BCUT2D eigenvalue weighted by molar-refractivity contribution is 0.0625. The summed E-state index contributed by atoms with van der Waals surface area (Å²) in [5, 5.41) is 0. The first kappa shape index (κ1) is 14.3. The van der Waals surface area contributed by atoms with Crippen molar-refractivity contribution in [2.24, 2.45) is 0 Å². The Morgan fingerprint density at radius 1 is 1.00 bits per heavy atom. The molecule has 0 aliphatic carbocycles. The maximum Gasteiger partial charge on any atom is 0.0242 e. The quantitative estimate of drug-likeness (QED) is 0.706. The van der Waals surface area contributed by atoms with E-state index in [-0.39, 0.29) is 5.54 Å². The minimum Gasteiger partial charge on any atom is -0.304 e. The van der Waals surface area contributed by atoms with E-state index < -0.39 is 0 Å². The number of hydrogen-bond acceptors (Lipinski definition) is 3. The van der Waals surface area contributed by atoms with Crippen LogP contribution in [-0.4, -0.2) is 71.6 Å². The van der Waals surface area contributed by atoms with Gasteiger partial charge in [-0.2, -0.15) is 0 Å². The Morgan fingerprint density at radius 2 is 1.56 bits per heavy atom. The van der Waals surface area contributed by atoms with Gasteiger partial charge < -0.3 is 4.90 Å². The van der Waals surface area contributed by atoms with Crippen molar-refractivity contribution in [1.29, 1.82) is 0 Å². The van der Waals surface area contributed by atoms with Gasteiger partial charge in [0, 0.05) is 49.8 Å². The molecule has 2 fully saturated rings. The van der Waals surface area contributed by atoms with Gasteiger partial charge in [-0.25, -0.2) is 0 Å². The third-order valence-electron chi connectivity index (χ3n) is 4.72. The van der Waals surface area contributed by atoms with Crippen LogP contribution in [0.15, 0.2) is 0 Å². The van der Waals surface area contributed by atoms with Crippen molar-refractivity contribution in [1.82, 2.24) is 14.7 Å². The molecule has 0 spiro atoms. The van der Waals surface area contributed by atoms with Gasteiger partial charge in [0.25, 0.3) is 0 Å². The van der Waals surface area contributed by atoms with Crippen LogP contribution in [0, 0.1) is 0 Å². The number of piperazine rings is 1. The van der Waals surface area contributed by atoms with Crippen molar-refractivity contribution >= 4 is 0 Å². The molecule has 2 rings (SSSR count). The third-order valence-corrected chi connectivity index (χ3v) is 4.72. The Morgan fingerprint density at radius 3 is 2.00 bits per heavy atom.